The first kappa shape index (κ1) is 14.3. The molecule has 3 nitrogen and oxygen atoms in total. The first-order valence-electron chi connectivity index (χ1n) is 7.50. The molecule has 3 unspecified atom stereocenters. The van der Waals surface area contributed by atoms with Gasteiger partial charge in [-0.25, -0.2) is 0 Å². The minimum absolute atomic E-state index is 0.202. The van der Waals surface area contributed by atoms with E-state index in [1.54, 1.807) is 0 Å². The van der Waals surface area contributed by atoms with Crippen molar-refractivity contribution in [2.24, 2.45) is 17.1 Å². The molecule has 0 spiro atoms. The molecule has 2 aliphatic rings. The van der Waals surface area contributed by atoms with Gasteiger partial charge >= 0.3 is 0 Å². The van der Waals surface area contributed by atoms with Gasteiger partial charge in [-0.15, -0.1) is 0 Å². The van der Waals surface area contributed by atoms with Crippen LogP contribution in [0, 0.1) is 11.3 Å². The van der Waals surface area contributed by atoms with Gasteiger partial charge < -0.3 is 10.5 Å². The number of hydrogen-bond acceptors (Lipinski definition) is 3. The molecule has 1 aliphatic carbocycles. The fraction of sp³-hybridized carbons (Fsp3) is 1.00. The van der Waals surface area contributed by atoms with Crippen molar-refractivity contribution in [1.29, 1.82) is 0 Å². The lowest BCUT2D eigenvalue weighted by molar-refractivity contribution is -0.0763. The van der Waals surface area contributed by atoms with Crippen molar-refractivity contribution in [3.05, 3.63) is 0 Å². The summed E-state index contributed by atoms with van der Waals surface area (Å²) in [6.07, 6.45) is 3.68. The number of nitrogens with zero attached hydrogens (tertiary/aromatic N) is 1. The molecule has 1 saturated heterocycles. The monoisotopic (exact) mass is 254 g/mol. The molecule has 0 amide bonds. The highest BCUT2D eigenvalue weighted by Gasteiger charge is 2.52. The van der Waals surface area contributed by atoms with Gasteiger partial charge in [0.05, 0.1) is 13.2 Å². The van der Waals surface area contributed by atoms with Gasteiger partial charge in [-0.1, -0.05) is 27.7 Å². The van der Waals surface area contributed by atoms with E-state index in [4.69, 9.17) is 10.5 Å². The number of hydrogen-bond donors (Lipinski definition) is 1. The van der Waals surface area contributed by atoms with Gasteiger partial charge in [0, 0.05) is 24.7 Å². The minimum Gasteiger partial charge on any atom is -0.378 e. The Balaban J connectivity index is 2.26. The summed E-state index contributed by atoms with van der Waals surface area (Å²) in [5, 5.41) is 0. The first-order valence-corrected chi connectivity index (χ1v) is 7.50. The van der Waals surface area contributed by atoms with Crippen molar-refractivity contribution in [2.45, 2.75) is 58.5 Å². The third-order valence-corrected chi connectivity index (χ3v) is 5.19. The van der Waals surface area contributed by atoms with Crippen molar-refractivity contribution in [2.75, 3.05) is 26.3 Å². The van der Waals surface area contributed by atoms with E-state index in [0.717, 1.165) is 32.7 Å². The van der Waals surface area contributed by atoms with E-state index in [-0.39, 0.29) is 5.54 Å². The lowest BCUT2D eigenvalue weighted by Crippen LogP contribution is -2.63. The van der Waals surface area contributed by atoms with Crippen LogP contribution in [0.15, 0.2) is 0 Å². The fourth-order valence-electron chi connectivity index (χ4n) is 4.45. The van der Waals surface area contributed by atoms with Gasteiger partial charge in [-0.05, 0) is 30.6 Å². The second-order valence-corrected chi connectivity index (χ2v) is 7.08. The van der Waals surface area contributed by atoms with Crippen LogP contribution in [0.1, 0.15) is 47.0 Å². The molecule has 0 radical (unpaired) electrons. The van der Waals surface area contributed by atoms with Gasteiger partial charge in [0.2, 0.25) is 0 Å². The first-order chi connectivity index (χ1) is 8.45. The van der Waals surface area contributed by atoms with Crippen LogP contribution in [0.2, 0.25) is 0 Å². The Morgan fingerprint density at radius 2 is 2.11 bits per heavy atom. The molecule has 0 aromatic carbocycles. The quantitative estimate of drug-likeness (QED) is 0.839. The van der Waals surface area contributed by atoms with Gasteiger partial charge in [-0.2, -0.15) is 0 Å². The van der Waals surface area contributed by atoms with E-state index in [1.165, 1.54) is 12.8 Å². The number of rotatable bonds is 3. The largest absolute Gasteiger partial charge is 0.378 e. The molecule has 3 heteroatoms. The molecule has 2 rings (SSSR count). The van der Waals surface area contributed by atoms with Crippen LogP contribution >= 0.6 is 0 Å². The van der Waals surface area contributed by atoms with E-state index in [2.05, 4.69) is 32.6 Å². The van der Waals surface area contributed by atoms with Gasteiger partial charge in [0.25, 0.3) is 0 Å². The van der Waals surface area contributed by atoms with Crippen LogP contribution in [-0.4, -0.2) is 42.8 Å². The maximum absolute atomic E-state index is 6.25. The average molecular weight is 254 g/mol. The topological polar surface area (TPSA) is 38.5 Å². The van der Waals surface area contributed by atoms with Crippen LogP contribution in [0.25, 0.3) is 0 Å². The Morgan fingerprint density at radius 3 is 2.61 bits per heavy atom. The number of nitrogens with two attached hydrogens (primary N) is 1. The third-order valence-electron chi connectivity index (χ3n) is 5.19. The molecular formula is C15H30N2O. The maximum atomic E-state index is 6.25. The Morgan fingerprint density at radius 1 is 1.39 bits per heavy atom. The zero-order chi connectivity index (χ0) is 13.4. The molecule has 0 aromatic rings. The molecule has 0 bridgehead atoms. The summed E-state index contributed by atoms with van der Waals surface area (Å²) >= 11 is 0. The molecule has 1 saturated carbocycles. The Kier molecular flexibility index (Phi) is 4.05. The highest BCUT2D eigenvalue weighted by molar-refractivity contribution is 5.07. The second-order valence-electron chi connectivity index (χ2n) is 7.08. The smallest absolute Gasteiger partial charge is 0.0622 e. The SMILES string of the molecule is CCC1COCCN1C1(CN)CC(C)(C)CC1C. The summed E-state index contributed by atoms with van der Waals surface area (Å²) in [4.78, 5) is 2.69. The van der Waals surface area contributed by atoms with Gasteiger partial charge in [0.15, 0.2) is 0 Å². The second kappa shape index (κ2) is 5.10. The van der Waals surface area contributed by atoms with E-state index in [9.17, 15) is 0 Å². The molecule has 2 N–H and O–H groups in total. The van der Waals surface area contributed by atoms with Crippen LogP contribution in [0.3, 0.4) is 0 Å². The van der Waals surface area contributed by atoms with Crippen molar-refractivity contribution in [3.63, 3.8) is 0 Å². The van der Waals surface area contributed by atoms with Crippen LogP contribution in [0.4, 0.5) is 0 Å². The summed E-state index contributed by atoms with van der Waals surface area (Å²) < 4.78 is 5.66. The van der Waals surface area contributed by atoms with Gasteiger partial charge in [-0.3, -0.25) is 4.90 Å². The fourth-order valence-corrected chi connectivity index (χ4v) is 4.45. The molecule has 3 atom stereocenters. The molecule has 2 fully saturated rings. The number of morpholine rings is 1. The average Bonchev–Trinajstić information content (AvgIpc) is 2.59. The molecule has 1 heterocycles. The highest BCUT2D eigenvalue weighted by atomic mass is 16.5. The molecule has 1 aliphatic heterocycles. The maximum Gasteiger partial charge on any atom is 0.0622 e. The highest BCUT2D eigenvalue weighted by Crippen LogP contribution is 2.50. The predicted octanol–water partition coefficient (Wildman–Crippen LogP) is 2.25. The summed E-state index contributed by atoms with van der Waals surface area (Å²) in [6, 6.07) is 0.554. The third kappa shape index (κ3) is 2.33. The number of ether oxygens (including phenoxy) is 1. The van der Waals surface area contributed by atoms with E-state index in [0.29, 0.717) is 17.4 Å². The molecule has 106 valence electrons. The van der Waals surface area contributed by atoms with Crippen molar-refractivity contribution in [1.82, 2.24) is 4.90 Å². The predicted molar refractivity (Wildman–Crippen MR) is 75.6 cm³/mol. The normalized spacial score (nSPS) is 41.2. The summed E-state index contributed by atoms with van der Waals surface area (Å²) in [5.41, 5.74) is 6.87. The zero-order valence-electron chi connectivity index (χ0n) is 12.5. The molecule has 0 aromatic heterocycles. The lowest BCUT2D eigenvalue weighted by atomic mass is 9.83. The van der Waals surface area contributed by atoms with Crippen LogP contribution in [-0.2, 0) is 4.74 Å². The van der Waals surface area contributed by atoms with E-state index < -0.39 is 0 Å². The minimum atomic E-state index is 0.202. The van der Waals surface area contributed by atoms with Crippen molar-refractivity contribution in [3.8, 4) is 0 Å². The Labute approximate surface area is 112 Å². The van der Waals surface area contributed by atoms with Crippen molar-refractivity contribution < 1.29 is 4.74 Å². The lowest BCUT2D eigenvalue weighted by Gasteiger charge is -2.50. The Hall–Kier alpha value is -0.120. The van der Waals surface area contributed by atoms with E-state index >= 15 is 0 Å². The van der Waals surface area contributed by atoms with Crippen LogP contribution < -0.4 is 5.73 Å². The summed E-state index contributed by atoms with van der Waals surface area (Å²) in [6.45, 7) is 13.0. The standard InChI is InChI=1S/C15H30N2O/c1-5-13-9-18-7-6-17(13)15(11-16)10-14(3,4)8-12(15)2/h12-13H,5-11,16H2,1-4H3. The summed E-state index contributed by atoms with van der Waals surface area (Å²) in [7, 11) is 0. The van der Waals surface area contributed by atoms with E-state index in [1.807, 2.05) is 0 Å². The van der Waals surface area contributed by atoms with Crippen LogP contribution in [0.5, 0.6) is 0 Å². The molecule has 18 heavy (non-hydrogen) atoms. The summed E-state index contributed by atoms with van der Waals surface area (Å²) in [5.74, 6) is 0.685. The zero-order valence-corrected chi connectivity index (χ0v) is 12.5. The Bertz CT molecular complexity index is 292. The van der Waals surface area contributed by atoms with Gasteiger partial charge in [0.1, 0.15) is 0 Å². The van der Waals surface area contributed by atoms with Crippen molar-refractivity contribution >= 4 is 0 Å². The molecular weight excluding hydrogens is 224 g/mol.